The average molecular weight is 1470 g/mol. The van der Waals surface area contributed by atoms with Crippen molar-refractivity contribution in [3.63, 3.8) is 0 Å². The van der Waals surface area contributed by atoms with Crippen LogP contribution in [0.5, 0.6) is 11.5 Å². The van der Waals surface area contributed by atoms with E-state index in [4.69, 9.17) is 32.7 Å². The third-order valence-corrected chi connectivity index (χ3v) is 20.2. The lowest BCUT2D eigenvalue weighted by Gasteiger charge is -2.33. The maximum atomic E-state index is 15.0. The van der Waals surface area contributed by atoms with Gasteiger partial charge in [0.2, 0.25) is 0 Å². The lowest BCUT2D eigenvalue weighted by atomic mass is 9.75. The van der Waals surface area contributed by atoms with Crippen LogP contribution in [0.3, 0.4) is 0 Å². The topological polar surface area (TPSA) is 109 Å². The van der Waals surface area contributed by atoms with E-state index < -0.39 is 27.1 Å². The Morgan fingerprint density at radius 2 is 1.23 bits per heavy atom. The van der Waals surface area contributed by atoms with Gasteiger partial charge in [-0.1, -0.05) is 176 Å². The van der Waals surface area contributed by atoms with E-state index in [9.17, 15) is 35.5 Å². The molecule has 0 radical (unpaired) electrons. The van der Waals surface area contributed by atoms with E-state index in [1.54, 1.807) is 83.5 Å². The quantitative estimate of drug-likeness (QED) is 0.0862. The summed E-state index contributed by atoms with van der Waals surface area (Å²) in [6.07, 6.45) is 6.42. The summed E-state index contributed by atoms with van der Waals surface area (Å²) in [5.74, 6) is 1.14. The van der Waals surface area contributed by atoms with Gasteiger partial charge in [0, 0.05) is 75.3 Å². The van der Waals surface area contributed by atoms with E-state index in [0.717, 1.165) is 53.9 Å². The molecule has 0 aliphatic carbocycles. The lowest BCUT2D eigenvalue weighted by molar-refractivity contribution is 0.120. The first kappa shape index (κ1) is 87.5. The van der Waals surface area contributed by atoms with E-state index in [0.29, 0.717) is 59.6 Å². The van der Waals surface area contributed by atoms with Crippen LogP contribution >= 0.6 is 23.2 Å². The third-order valence-electron chi connectivity index (χ3n) is 18.5. The summed E-state index contributed by atoms with van der Waals surface area (Å²) in [6, 6.07) is 33.8. The first-order chi connectivity index (χ1) is 46.8. The molecule has 1 aromatic heterocycles. The number of likely N-dealkylation sites (tertiary alicyclic amines) is 1. The molecule has 19 heteroatoms. The van der Waals surface area contributed by atoms with Crippen LogP contribution in [-0.4, -0.2) is 120 Å². The van der Waals surface area contributed by atoms with Crippen molar-refractivity contribution in [1.29, 1.82) is 0 Å². The van der Waals surface area contributed by atoms with Gasteiger partial charge in [-0.2, -0.15) is 5.10 Å². The SMILES string of the molecule is CC(C)(C)Cc1cccc(S(C)(=O)=O)c1.CC(C)(C)[C@H](CO)c1ccc(F)c(Cl)c1.CC(C)[C@@H]1CN(C)C[C@H]1c1ccc(Cl)c(F)c1.CN(C)C[C@H](c1ccc(F)cc1)C(C)(C)C.COc1ccc([C@@H](c2cnn(C)c2)C(C)C)cc1F.COc1ccc([C@H](C(C)C)[C@]2(F)CCNC2)cc1F. The van der Waals surface area contributed by atoms with Gasteiger partial charge >= 0.3 is 0 Å². The molecule has 0 saturated carbocycles. The number of hydrogen-bond donors (Lipinski definition) is 2. The molecule has 6 aromatic carbocycles. The molecule has 2 aliphatic heterocycles. The number of ether oxygens (including phenoxy) is 2. The van der Waals surface area contributed by atoms with Gasteiger partial charge in [-0.3, -0.25) is 4.68 Å². The van der Waals surface area contributed by atoms with Crippen molar-refractivity contribution in [1.82, 2.24) is 24.9 Å². The highest BCUT2D eigenvalue weighted by molar-refractivity contribution is 7.90. The molecule has 9 rings (SSSR count). The molecule has 0 spiro atoms. The minimum Gasteiger partial charge on any atom is -0.494 e. The molecule has 0 bridgehead atoms. The molecule has 7 aromatic rings. The van der Waals surface area contributed by atoms with Crippen LogP contribution in [0.25, 0.3) is 0 Å². The molecule has 10 nitrogen and oxygen atoms in total. The van der Waals surface area contributed by atoms with Crippen LogP contribution < -0.4 is 14.8 Å². The second-order valence-corrected chi connectivity index (χ2v) is 34.5. The highest BCUT2D eigenvalue weighted by Gasteiger charge is 2.44. The number of benzene rings is 6. The molecule has 7 atom stereocenters. The predicted molar refractivity (Wildman–Crippen MR) is 405 cm³/mol. The molecule has 101 heavy (non-hydrogen) atoms. The summed E-state index contributed by atoms with van der Waals surface area (Å²) in [7, 11) is 7.97. The summed E-state index contributed by atoms with van der Waals surface area (Å²) in [5, 5.41) is 16.9. The van der Waals surface area contributed by atoms with E-state index in [1.807, 2.05) is 84.4 Å². The van der Waals surface area contributed by atoms with Crippen LogP contribution in [0, 0.1) is 69.0 Å². The van der Waals surface area contributed by atoms with E-state index in [-0.39, 0.29) is 85.5 Å². The van der Waals surface area contributed by atoms with Crippen molar-refractivity contribution in [3.8, 4) is 11.5 Å². The maximum absolute atomic E-state index is 15.0. The van der Waals surface area contributed by atoms with Crippen LogP contribution in [0.4, 0.5) is 26.3 Å². The molecular formula is C82H115Cl2F6N5O5S. The summed E-state index contributed by atoms with van der Waals surface area (Å²) in [4.78, 5) is 4.91. The van der Waals surface area contributed by atoms with E-state index >= 15 is 4.39 Å². The summed E-state index contributed by atoms with van der Waals surface area (Å²) in [6.45, 7) is 36.0. The zero-order valence-corrected chi connectivity index (χ0v) is 66.2. The number of likely N-dealkylation sites (N-methyl/N-ethyl adjacent to an activating group) is 2. The fourth-order valence-electron chi connectivity index (χ4n) is 13.4. The summed E-state index contributed by atoms with van der Waals surface area (Å²) >= 11 is 11.4. The van der Waals surface area contributed by atoms with Crippen molar-refractivity contribution < 1.29 is 49.3 Å². The number of rotatable bonds is 17. The number of hydrogen-bond acceptors (Lipinski definition) is 9. The molecule has 2 N–H and O–H groups in total. The number of halogens is 8. The number of aliphatic hydroxyl groups excluding tert-OH is 1. The van der Waals surface area contributed by atoms with Crippen molar-refractivity contribution in [2.24, 2.45) is 47.0 Å². The third kappa shape index (κ3) is 27.3. The van der Waals surface area contributed by atoms with Gasteiger partial charge in [-0.15, -0.1) is 0 Å². The number of alkyl halides is 1. The first-order valence-electron chi connectivity index (χ1n) is 34.8. The molecule has 2 aliphatic rings. The molecular weight excluding hydrogens is 1350 g/mol. The molecule has 2 saturated heterocycles. The van der Waals surface area contributed by atoms with Gasteiger partial charge in [0.15, 0.2) is 33.0 Å². The number of aliphatic hydroxyl groups is 1. The summed E-state index contributed by atoms with van der Waals surface area (Å²) < 4.78 is 116. The zero-order chi connectivity index (χ0) is 76.3. The summed E-state index contributed by atoms with van der Waals surface area (Å²) in [5.41, 5.74) is 5.98. The standard InChI is InChI=1S/C15H21F2NO.C15H19FN2O.C14H19ClFN.C14H22FN.C12H16ClFO.C12H18O2S/c1-10(2)14(15(17)6-7-18-9-15)11-4-5-13(19-3)12(16)8-11;1-10(2)15(12-8-17-18(3)9-12)11-5-6-14(19-4)13(16)7-11;1-9(2)11-7-17(3)8-12(11)10-4-5-13(15)14(16)6-10;1-14(2,3)13(10-16(4)5)11-6-8-12(15)9-7-11;1-12(2,3)9(7-15)8-4-5-11(14)10(13)6-8;1-12(2,3)9-10-6-5-7-11(8-10)15(4,13)14/h4-5,8,10,14,18H,6-7,9H2,1-3H3;5-10,15H,1-4H3;4-6,9,11-12H,7-8H2,1-3H3;6-9,13H,10H2,1-5H3;4-6,9,15H,7H2,1-3H3;5-8H,9H2,1-4H3/t14-,15-;15-;11-,12-;13-;9-;/m00011./s1. The van der Waals surface area contributed by atoms with Crippen molar-refractivity contribution in [2.45, 2.75) is 157 Å². The number of aromatic nitrogens is 2. The van der Waals surface area contributed by atoms with Crippen molar-refractivity contribution in [2.75, 3.05) is 80.9 Å². The Morgan fingerprint density at radius 1 is 0.663 bits per heavy atom. The Kier molecular flexibility index (Phi) is 33.5. The molecule has 0 unspecified atom stereocenters. The van der Waals surface area contributed by atoms with Gasteiger partial charge in [-0.25, -0.2) is 34.8 Å². The van der Waals surface area contributed by atoms with Crippen LogP contribution in [0.1, 0.15) is 179 Å². The minimum absolute atomic E-state index is 0.0319. The largest absolute Gasteiger partial charge is 0.494 e. The van der Waals surface area contributed by atoms with Gasteiger partial charge in [0.25, 0.3) is 0 Å². The van der Waals surface area contributed by atoms with Crippen LogP contribution in [0.2, 0.25) is 10.0 Å². The average Bonchev–Trinajstić information content (AvgIpc) is 1.79. The number of methoxy groups -OCH3 is 2. The fourth-order valence-corrected chi connectivity index (χ4v) is 14.4. The Bertz CT molecular complexity index is 3790. The number of nitrogens with zero attached hydrogens (tertiary/aromatic N) is 4. The molecule has 2 fully saturated rings. The predicted octanol–water partition coefficient (Wildman–Crippen LogP) is 20.2. The number of aryl methyl sites for hydroxylation is 1. The Hall–Kier alpha value is -5.92. The Morgan fingerprint density at radius 3 is 1.67 bits per heavy atom. The van der Waals surface area contributed by atoms with Crippen molar-refractivity contribution >= 4 is 33.0 Å². The van der Waals surface area contributed by atoms with E-state index in [1.165, 1.54) is 38.2 Å². The molecule has 3 heterocycles. The smallest absolute Gasteiger partial charge is 0.175 e. The maximum Gasteiger partial charge on any atom is 0.175 e. The van der Waals surface area contributed by atoms with Crippen LogP contribution in [0.15, 0.2) is 139 Å². The highest BCUT2D eigenvalue weighted by atomic mass is 35.5. The van der Waals surface area contributed by atoms with Gasteiger partial charge in [-0.05, 0) is 192 Å². The van der Waals surface area contributed by atoms with Crippen molar-refractivity contribution in [3.05, 3.63) is 212 Å². The minimum atomic E-state index is -3.08. The van der Waals surface area contributed by atoms with Gasteiger partial charge in [0.05, 0.1) is 42.0 Å². The number of sulfone groups is 1. The second-order valence-electron chi connectivity index (χ2n) is 31.7. The van der Waals surface area contributed by atoms with Gasteiger partial charge < -0.3 is 29.7 Å². The fraction of sp³-hybridized carbons (Fsp3) is 0.524. The van der Waals surface area contributed by atoms with Crippen LogP contribution in [-0.2, 0) is 23.3 Å². The van der Waals surface area contributed by atoms with E-state index in [2.05, 4.69) is 111 Å². The highest BCUT2D eigenvalue weighted by Crippen LogP contribution is 2.44. The Balaban J connectivity index is 0.000000258. The molecule has 0 amide bonds. The lowest BCUT2D eigenvalue weighted by Crippen LogP contribution is -2.36. The number of nitrogens with one attached hydrogen (secondary N) is 1. The van der Waals surface area contributed by atoms with Gasteiger partial charge in [0.1, 0.15) is 23.1 Å². The second kappa shape index (κ2) is 38.7. The first-order valence-corrected chi connectivity index (χ1v) is 37.4. The zero-order valence-electron chi connectivity index (χ0n) is 63.9. The molecule has 560 valence electrons. The Labute approximate surface area is 611 Å². The normalized spacial score (nSPS) is 17.6. The monoisotopic (exact) mass is 1470 g/mol.